The third-order valence-corrected chi connectivity index (χ3v) is 5.07. The predicted octanol–water partition coefficient (Wildman–Crippen LogP) is 3.05. The van der Waals surface area contributed by atoms with E-state index in [9.17, 15) is 0 Å². The summed E-state index contributed by atoms with van der Waals surface area (Å²) in [5.74, 6) is 0.716. The molecule has 124 valence electrons. The van der Waals surface area contributed by atoms with Crippen molar-refractivity contribution in [2.75, 3.05) is 13.2 Å². The summed E-state index contributed by atoms with van der Waals surface area (Å²) in [5, 5.41) is 8.09. The second kappa shape index (κ2) is 6.49. The van der Waals surface area contributed by atoms with Crippen molar-refractivity contribution >= 4 is 0 Å². The molecule has 0 bridgehead atoms. The molecule has 3 atom stereocenters. The summed E-state index contributed by atoms with van der Waals surface area (Å²) in [5.41, 5.74) is 2.44. The minimum Gasteiger partial charge on any atom is -0.357 e. The Balaban J connectivity index is 1.50. The van der Waals surface area contributed by atoms with Crippen molar-refractivity contribution in [3.05, 3.63) is 30.7 Å². The van der Waals surface area contributed by atoms with Gasteiger partial charge in [-0.05, 0) is 57.2 Å². The van der Waals surface area contributed by atoms with E-state index in [1.54, 1.807) is 0 Å². The number of rotatable bonds is 4. The molecule has 1 unspecified atom stereocenters. The van der Waals surface area contributed by atoms with Gasteiger partial charge < -0.3 is 14.6 Å². The minimum absolute atomic E-state index is 0.112. The molecular formula is C18H26N4O. The monoisotopic (exact) mass is 314 g/mol. The van der Waals surface area contributed by atoms with Crippen LogP contribution in [-0.2, 0) is 11.3 Å². The molecule has 2 fully saturated rings. The minimum atomic E-state index is 0.112. The van der Waals surface area contributed by atoms with Crippen LogP contribution in [0.25, 0.3) is 11.3 Å². The lowest BCUT2D eigenvalue weighted by molar-refractivity contribution is -0.0394. The predicted molar refractivity (Wildman–Crippen MR) is 90.1 cm³/mol. The van der Waals surface area contributed by atoms with Gasteiger partial charge in [0.1, 0.15) is 6.23 Å². The van der Waals surface area contributed by atoms with Crippen molar-refractivity contribution in [1.82, 2.24) is 19.7 Å². The SMILES string of the molecule is C[C@H]1C[C@@H](Cn2cccc2-c2cnn(C3CCCCO3)c2)CN1. The van der Waals surface area contributed by atoms with Gasteiger partial charge in [0.05, 0.1) is 11.9 Å². The molecule has 2 aromatic heterocycles. The van der Waals surface area contributed by atoms with E-state index in [1.165, 1.54) is 30.5 Å². The molecule has 2 aliphatic rings. The standard InChI is InChI=1S/C18H26N4O/c1-14-9-15(10-19-14)12-21-7-4-5-17(21)16-11-20-22(13-16)18-6-2-3-8-23-18/h4-5,7,11,13-15,18-19H,2-3,6,8-10,12H2,1H3/t14-,15+,18?/m0/s1. The first-order valence-corrected chi connectivity index (χ1v) is 8.84. The molecule has 1 N–H and O–H groups in total. The Morgan fingerprint density at radius 2 is 2.35 bits per heavy atom. The normalized spacial score (nSPS) is 28.3. The first-order valence-electron chi connectivity index (χ1n) is 8.84. The Labute approximate surface area is 137 Å². The van der Waals surface area contributed by atoms with Gasteiger partial charge >= 0.3 is 0 Å². The van der Waals surface area contributed by atoms with Crippen molar-refractivity contribution in [2.24, 2.45) is 5.92 Å². The fraction of sp³-hybridized carbons (Fsp3) is 0.611. The second-order valence-corrected chi connectivity index (χ2v) is 6.99. The van der Waals surface area contributed by atoms with Crippen LogP contribution >= 0.6 is 0 Å². The molecule has 2 saturated heterocycles. The fourth-order valence-electron chi connectivity index (χ4n) is 3.85. The molecule has 4 rings (SSSR count). The van der Waals surface area contributed by atoms with Crippen LogP contribution in [0, 0.1) is 5.92 Å². The maximum absolute atomic E-state index is 5.83. The summed E-state index contributed by atoms with van der Waals surface area (Å²) in [4.78, 5) is 0. The molecule has 4 heterocycles. The topological polar surface area (TPSA) is 44.0 Å². The lowest BCUT2D eigenvalue weighted by Gasteiger charge is -2.22. The van der Waals surface area contributed by atoms with E-state index in [2.05, 4.69) is 46.4 Å². The van der Waals surface area contributed by atoms with Crippen molar-refractivity contribution in [2.45, 2.75) is 51.4 Å². The molecular weight excluding hydrogens is 288 g/mol. The fourth-order valence-corrected chi connectivity index (χ4v) is 3.85. The third-order valence-electron chi connectivity index (χ3n) is 5.07. The number of hydrogen-bond acceptors (Lipinski definition) is 3. The highest BCUT2D eigenvalue weighted by atomic mass is 16.5. The number of aromatic nitrogens is 3. The number of nitrogens with one attached hydrogen (secondary N) is 1. The zero-order valence-corrected chi connectivity index (χ0v) is 13.8. The van der Waals surface area contributed by atoms with Gasteiger partial charge in [-0.3, -0.25) is 0 Å². The highest BCUT2D eigenvalue weighted by molar-refractivity contribution is 5.58. The number of nitrogens with zero attached hydrogens (tertiary/aromatic N) is 3. The summed E-state index contributed by atoms with van der Waals surface area (Å²) < 4.78 is 10.2. The molecule has 0 saturated carbocycles. The van der Waals surface area contributed by atoms with Crippen LogP contribution in [0.3, 0.4) is 0 Å². The highest BCUT2D eigenvalue weighted by Gasteiger charge is 2.22. The lowest BCUT2D eigenvalue weighted by Crippen LogP contribution is -2.18. The summed E-state index contributed by atoms with van der Waals surface area (Å²) in [7, 11) is 0. The maximum atomic E-state index is 5.83. The Morgan fingerprint density at radius 3 is 3.13 bits per heavy atom. The van der Waals surface area contributed by atoms with Gasteiger partial charge in [-0.25, -0.2) is 4.68 Å². The molecule has 2 aromatic rings. The summed E-state index contributed by atoms with van der Waals surface area (Å²) in [6.07, 6.45) is 11.1. The van der Waals surface area contributed by atoms with Crippen LogP contribution < -0.4 is 5.32 Å². The number of ether oxygens (including phenoxy) is 1. The van der Waals surface area contributed by atoms with E-state index in [4.69, 9.17) is 4.74 Å². The Hall–Kier alpha value is -1.59. The maximum Gasteiger partial charge on any atom is 0.150 e. The van der Waals surface area contributed by atoms with Crippen LogP contribution in [-0.4, -0.2) is 33.5 Å². The van der Waals surface area contributed by atoms with Crippen LogP contribution in [0.5, 0.6) is 0 Å². The van der Waals surface area contributed by atoms with Crippen LogP contribution in [0.2, 0.25) is 0 Å². The van der Waals surface area contributed by atoms with Crippen molar-refractivity contribution in [1.29, 1.82) is 0 Å². The van der Waals surface area contributed by atoms with Gasteiger partial charge in [0.25, 0.3) is 0 Å². The molecule has 0 aromatic carbocycles. The van der Waals surface area contributed by atoms with Crippen LogP contribution in [0.15, 0.2) is 30.7 Å². The first-order chi connectivity index (χ1) is 11.3. The van der Waals surface area contributed by atoms with E-state index >= 15 is 0 Å². The Bertz CT molecular complexity index is 641. The average Bonchev–Trinajstić information content (AvgIpc) is 3.29. The van der Waals surface area contributed by atoms with E-state index in [0.29, 0.717) is 12.0 Å². The molecule has 2 aliphatic heterocycles. The Kier molecular flexibility index (Phi) is 4.23. The number of hydrogen-bond donors (Lipinski definition) is 1. The highest BCUT2D eigenvalue weighted by Crippen LogP contribution is 2.27. The quantitative estimate of drug-likeness (QED) is 0.943. The third kappa shape index (κ3) is 3.21. The smallest absolute Gasteiger partial charge is 0.150 e. The first kappa shape index (κ1) is 15.0. The van der Waals surface area contributed by atoms with Crippen molar-refractivity contribution in [3.63, 3.8) is 0 Å². The molecule has 0 spiro atoms. The molecule has 5 nitrogen and oxygen atoms in total. The van der Waals surface area contributed by atoms with Gasteiger partial charge in [-0.2, -0.15) is 5.10 Å². The zero-order valence-electron chi connectivity index (χ0n) is 13.8. The van der Waals surface area contributed by atoms with Gasteiger partial charge in [-0.15, -0.1) is 0 Å². The van der Waals surface area contributed by atoms with Crippen LogP contribution in [0.4, 0.5) is 0 Å². The summed E-state index contributed by atoms with van der Waals surface area (Å²) >= 11 is 0. The van der Waals surface area contributed by atoms with Gasteiger partial charge in [0, 0.05) is 37.2 Å². The van der Waals surface area contributed by atoms with Gasteiger partial charge in [0.2, 0.25) is 0 Å². The lowest BCUT2D eigenvalue weighted by atomic mass is 10.1. The zero-order chi connectivity index (χ0) is 15.6. The van der Waals surface area contributed by atoms with E-state index < -0.39 is 0 Å². The van der Waals surface area contributed by atoms with E-state index in [0.717, 1.165) is 26.1 Å². The average molecular weight is 314 g/mol. The van der Waals surface area contributed by atoms with Gasteiger partial charge in [0.15, 0.2) is 0 Å². The Morgan fingerprint density at radius 1 is 1.39 bits per heavy atom. The molecule has 0 radical (unpaired) electrons. The summed E-state index contributed by atoms with van der Waals surface area (Å²) in [6.45, 7) is 5.31. The molecule has 5 heteroatoms. The van der Waals surface area contributed by atoms with E-state index in [1.807, 2.05) is 10.9 Å². The molecule has 0 aliphatic carbocycles. The van der Waals surface area contributed by atoms with E-state index in [-0.39, 0.29) is 6.23 Å². The van der Waals surface area contributed by atoms with Crippen LogP contribution in [0.1, 0.15) is 38.8 Å². The van der Waals surface area contributed by atoms with Gasteiger partial charge in [-0.1, -0.05) is 0 Å². The van der Waals surface area contributed by atoms with Crippen molar-refractivity contribution in [3.8, 4) is 11.3 Å². The largest absolute Gasteiger partial charge is 0.357 e. The molecule has 23 heavy (non-hydrogen) atoms. The second-order valence-electron chi connectivity index (χ2n) is 6.99. The molecule has 0 amide bonds. The summed E-state index contributed by atoms with van der Waals surface area (Å²) in [6, 6.07) is 4.97. The van der Waals surface area contributed by atoms with Crippen molar-refractivity contribution < 1.29 is 4.74 Å².